The third-order valence-electron chi connectivity index (χ3n) is 2.74. The molecule has 0 saturated heterocycles. The molecule has 2 rings (SSSR count). The number of ether oxygens (including phenoxy) is 1. The van der Waals surface area contributed by atoms with Gasteiger partial charge in [0.1, 0.15) is 15.6 Å². The van der Waals surface area contributed by atoms with Gasteiger partial charge in [0.2, 0.25) is 0 Å². The molecule has 2 aromatic rings. The van der Waals surface area contributed by atoms with E-state index in [2.05, 4.69) is 34.8 Å². The number of hydrogen-bond acceptors (Lipinski definition) is 4. The van der Waals surface area contributed by atoms with Crippen molar-refractivity contribution in [2.75, 3.05) is 6.61 Å². The van der Waals surface area contributed by atoms with Crippen LogP contribution in [0.4, 0.5) is 0 Å². The number of rotatable bonds is 5. The summed E-state index contributed by atoms with van der Waals surface area (Å²) in [6, 6.07) is 5.67. The zero-order chi connectivity index (χ0) is 15.6. The summed E-state index contributed by atoms with van der Waals surface area (Å²) in [5.41, 5.74) is 1.41. The van der Waals surface area contributed by atoms with Gasteiger partial charge in [0.25, 0.3) is 0 Å². The minimum atomic E-state index is -0.938. The highest BCUT2D eigenvalue weighted by atomic mass is 79.9. The Labute approximate surface area is 135 Å². The average molecular weight is 370 g/mol. The van der Waals surface area contributed by atoms with E-state index in [1.165, 1.54) is 11.3 Å². The maximum absolute atomic E-state index is 11.1. The van der Waals surface area contributed by atoms with Crippen molar-refractivity contribution in [3.8, 4) is 16.3 Å². The number of aromatic carboxylic acids is 1. The van der Waals surface area contributed by atoms with Crippen molar-refractivity contribution in [2.24, 2.45) is 5.92 Å². The standard InChI is InChI=1S/C15H16BrNO3S/c1-8(2)7-20-12-5-4-10(6-11(12)16)14-17-9(3)13(21-14)15(18)19/h4-6,8H,7H2,1-3H3,(H,18,19). The highest BCUT2D eigenvalue weighted by Crippen LogP contribution is 2.34. The van der Waals surface area contributed by atoms with Gasteiger partial charge in [-0.2, -0.15) is 0 Å². The predicted molar refractivity (Wildman–Crippen MR) is 87.3 cm³/mol. The number of aryl methyl sites for hydroxylation is 1. The van der Waals surface area contributed by atoms with Crippen LogP contribution in [0.5, 0.6) is 5.75 Å². The summed E-state index contributed by atoms with van der Waals surface area (Å²) in [6.07, 6.45) is 0. The molecular weight excluding hydrogens is 354 g/mol. The molecule has 0 bridgehead atoms. The highest BCUT2D eigenvalue weighted by Gasteiger charge is 2.15. The van der Waals surface area contributed by atoms with Crippen LogP contribution in [0.15, 0.2) is 22.7 Å². The van der Waals surface area contributed by atoms with Crippen LogP contribution < -0.4 is 4.74 Å². The number of aromatic nitrogens is 1. The van der Waals surface area contributed by atoms with Gasteiger partial charge in [0.05, 0.1) is 16.8 Å². The molecule has 0 aliphatic rings. The van der Waals surface area contributed by atoms with Gasteiger partial charge in [-0.25, -0.2) is 9.78 Å². The lowest BCUT2D eigenvalue weighted by Gasteiger charge is -2.10. The Kier molecular flexibility index (Phi) is 5.00. The maximum Gasteiger partial charge on any atom is 0.347 e. The van der Waals surface area contributed by atoms with Crippen molar-refractivity contribution in [2.45, 2.75) is 20.8 Å². The average Bonchev–Trinajstić information content (AvgIpc) is 2.79. The summed E-state index contributed by atoms with van der Waals surface area (Å²) < 4.78 is 6.54. The molecule has 0 spiro atoms. The van der Waals surface area contributed by atoms with Crippen LogP contribution in [-0.2, 0) is 0 Å². The fraction of sp³-hybridized carbons (Fsp3) is 0.333. The van der Waals surface area contributed by atoms with Gasteiger partial charge in [-0.15, -0.1) is 11.3 Å². The largest absolute Gasteiger partial charge is 0.492 e. The van der Waals surface area contributed by atoms with Crippen LogP contribution in [0, 0.1) is 12.8 Å². The highest BCUT2D eigenvalue weighted by molar-refractivity contribution is 9.10. The number of carboxylic acid groups (broad SMARTS) is 1. The molecule has 21 heavy (non-hydrogen) atoms. The molecule has 0 fully saturated rings. The quantitative estimate of drug-likeness (QED) is 0.835. The number of nitrogens with zero attached hydrogens (tertiary/aromatic N) is 1. The van der Waals surface area contributed by atoms with E-state index in [1.54, 1.807) is 6.92 Å². The smallest absolute Gasteiger partial charge is 0.347 e. The normalized spacial score (nSPS) is 10.9. The first-order chi connectivity index (χ1) is 9.88. The molecule has 1 heterocycles. The molecule has 0 unspecified atom stereocenters. The van der Waals surface area contributed by atoms with Crippen LogP contribution in [0.2, 0.25) is 0 Å². The number of hydrogen-bond donors (Lipinski definition) is 1. The van der Waals surface area contributed by atoms with E-state index in [1.807, 2.05) is 18.2 Å². The van der Waals surface area contributed by atoms with Crippen LogP contribution in [-0.4, -0.2) is 22.7 Å². The Morgan fingerprint density at radius 3 is 2.71 bits per heavy atom. The van der Waals surface area contributed by atoms with Crippen LogP contribution in [0.25, 0.3) is 10.6 Å². The number of carboxylic acids is 1. The Bertz CT molecular complexity index is 667. The van der Waals surface area contributed by atoms with E-state index in [9.17, 15) is 4.79 Å². The van der Waals surface area contributed by atoms with E-state index < -0.39 is 5.97 Å². The summed E-state index contributed by atoms with van der Waals surface area (Å²) in [7, 11) is 0. The second-order valence-corrected chi connectivity index (χ2v) is 6.94. The van der Waals surface area contributed by atoms with Gasteiger partial charge < -0.3 is 9.84 Å². The minimum Gasteiger partial charge on any atom is -0.492 e. The van der Waals surface area contributed by atoms with Gasteiger partial charge in [0.15, 0.2) is 0 Å². The first-order valence-corrected chi connectivity index (χ1v) is 8.13. The summed E-state index contributed by atoms with van der Waals surface area (Å²) in [5, 5.41) is 9.78. The Morgan fingerprint density at radius 2 is 2.19 bits per heavy atom. The van der Waals surface area contributed by atoms with E-state index in [0.29, 0.717) is 23.2 Å². The summed E-state index contributed by atoms with van der Waals surface area (Å²) in [6.45, 7) is 6.54. The molecule has 0 aliphatic carbocycles. The second kappa shape index (κ2) is 6.58. The van der Waals surface area contributed by atoms with Gasteiger partial charge in [-0.05, 0) is 47.0 Å². The van der Waals surface area contributed by atoms with E-state index >= 15 is 0 Å². The molecule has 112 valence electrons. The molecular formula is C15H16BrNO3S. The number of benzene rings is 1. The van der Waals surface area contributed by atoms with Crippen LogP contribution in [0.3, 0.4) is 0 Å². The maximum atomic E-state index is 11.1. The molecule has 4 nitrogen and oxygen atoms in total. The van der Waals surface area contributed by atoms with Crippen molar-refractivity contribution in [3.05, 3.63) is 33.2 Å². The van der Waals surface area contributed by atoms with Gasteiger partial charge in [-0.1, -0.05) is 13.8 Å². The molecule has 6 heteroatoms. The molecule has 0 amide bonds. The first kappa shape index (κ1) is 16.0. The lowest BCUT2D eigenvalue weighted by atomic mass is 10.2. The van der Waals surface area contributed by atoms with Crippen molar-refractivity contribution in [1.82, 2.24) is 4.98 Å². The Hall–Kier alpha value is -1.40. The number of carbonyl (C=O) groups is 1. The lowest BCUT2D eigenvalue weighted by Crippen LogP contribution is -2.04. The third-order valence-corrected chi connectivity index (χ3v) is 4.56. The predicted octanol–water partition coefficient (Wildman–Crippen LogP) is 4.61. The van der Waals surface area contributed by atoms with Gasteiger partial charge >= 0.3 is 5.97 Å². The molecule has 0 aliphatic heterocycles. The molecule has 1 aromatic heterocycles. The molecule has 1 aromatic carbocycles. The van der Waals surface area contributed by atoms with Crippen LogP contribution >= 0.6 is 27.3 Å². The fourth-order valence-corrected chi connectivity index (χ4v) is 3.12. The molecule has 0 radical (unpaired) electrons. The number of thiazole rings is 1. The fourth-order valence-electron chi connectivity index (χ4n) is 1.73. The van der Waals surface area contributed by atoms with Crippen molar-refractivity contribution >= 4 is 33.2 Å². The number of halogens is 1. The van der Waals surface area contributed by atoms with Crippen molar-refractivity contribution < 1.29 is 14.6 Å². The Morgan fingerprint density at radius 1 is 1.48 bits per heavy atom. The summed E-state index contributed by atoms with van der Waals surface area (Å²) in [4.78, 5) is 15.7. The Balaban J connectivity index is 2.27. The van der Waals surface area contributed by atoms with Gasteiger partial charge in [-0.3, -0.25) is 0 Å². The SMILES string of the molecule is Cc1nc(-c2ccc(OCC(C)C)c(Br)c2)sc1C(=O)O. The summed E-state index contributed by atoms with van der Waals surface area (Å²) in [5.74, 6) is 0.294. The zero-order valence-electron chi connectivity index (χ0n) is 12.0. The minimum absolute atomic E-state index is 0.279. The van der Waals surface area contributed by atoms with E-state index in [0.717, 1.165) is 15.8 Å². The molecule has 0 saturated carbocycles. The van der Waals surface area contributed by atoms with Crippen molar-refractivity contribution in [3.63, 3.8) is 0 Å². The van der Waals surface area contributed by atoms with E-state index in [4.69, 9.17) is 9.84 Å². The monoisotopic (exact) mass is 369 g/mol. The van der Waals surface area contributed by atoms with Gasteiger partial charge in [0, 0.05) is 5.56 Å². The zero-order valence-corrected chi connectivity index (χ0v) is 14.4. The lowest BCUT2D eigenvalue weighted by molar-refractivity contribution is 0.0701. The van der Waals surface area contributed by atoms with E-state index in [-0.39, 0.29) is 4.88 Å². The molecule has 1 N–H and O–H groups in total. The summed E-state index contributed by atoms with van der Waals surface area (Å²) >= 11 is 4.67. The van der Waals surface area contributed by atoms with Crippen molar-refractivity contribution in [1.29, 1.82) is 0 Å². The topological polar surface area (TPSA) is 59.4 Å². The third kappa shape index (κ3) is 3.83. The second-order valence-electron chi connectivity index (χ2n) is 5.09. The first-order valence-electron chi connectivity index (χ1n) is 6.52. The molecule has 0 atom stereocenters. The van der Waals surface area contributed by atoms with Crippen LogP contribution in [0.1, 0.15) is 29.2 Å².